The van der Waals surface area contributed by atoms with Gasteiger partial charge in [0.2, 0.25) is 0 Å². The molecule has 0 aromatic carbocycles. The number of allylic oxidation sites excluding steroid dienone is 5. The van der Waals surface area contributed by atoms with Crippen LogP contribution in [-0.4, -0.2) is 27.0 Å². The van der Waals surface area contributed by atoms with Crippen molar-refractivity contribution in [3.8, 4) is 11.3 Å². The van der Waals surface area contributed by atoms with E-state index in [-0.39, 0.29) is 0 Å². The number of pyridine rings is 3. The van der Waals surface area contributed by atoms with Crippen LogP contribution < -0.4 is 10.6 Å². The molecule has 0 aliphatic carbocycles. The molecule has 0 unspecified atom stereocenters. The van der Waals surface area contributed by atoms with E-state index >= 15 is 0 Å². The second-order valence-electron chi connectivity index (χ2n) is 9.85. The van der Waals surface area contributed by atoms with E-state index in [1.165, 1.54) is 0 Å². The number of aromatic nitrogens is 4. The van der Waals surface area contributed by atoms with Crippen molar-refractivity contribution in [1.82, 2.24) is 25.3 Å². The summed E-state index contributed by atoms with van der Waals surface area (Å²) in [4.78, 5) is 16.9. The second kappa shape index (κ2) is 12.2. The summed E-state index contributed by atoms with van der Waals surface area (Å²) < 4.78 is 0. The Bertz CT molecular complexity index is 1570. The van der Waals surface area contributed by atoms with Gasteiger partial charge in [-0.2, -0.15) is 0 Å². The number of aromatic amines is 1. The highest BCUT2D eigenvalue weighted by Gasteiger charge is 2.16. The number of nitrogens with one attached hydrogen (secondary N) is 3. The molecule has 0 radical (unpaired) electrons. The van der Waals surface area contributed by atoms with Crippen molar-refractivity contribution >= 4 is 27.7 Å². The Balaban J connectivity index is 1.69. The summed E-state index contributed by atoms with van der Waals surface area (Å²) in [5.74, 6) is 0.522. The van der Waals surface area contributed by atoms with E-state index in [2.05, 4.69) is 70.2 Å². The van der Waals surface area contributed by atoms with Crippen LogP contribution in [0.3, 0.4) is 0 Å². The van der Waals surface area contributed by atoms with Gasteiger partial charge < -0.3 is 15.6 Å². The molecule has 0 saturated carbocycles. The van der Waals surface area contributed by atoms with Crippen molar-refractivity contribution in [3.63, 3.8) is 0 Å². The molecular weight excluding hydrogens is 480 g/mol. The molecule has 0 atom stereocenters. The van der Waals surface area contributed by atoms with Crippen molar-refractivity contribution in [2.45, 2.75) is 27.2 Å². The molecule has 4 aromatic rings. The lowest BCUT2D eigenvalue weighted by Gasteiger charge is -2.16. The molecule has 6 heteroatoms. The highest BCUT2D eigenvalue weighted by atomic mass is 14.9. The summed E-state index contributed by atoms with van der Waals surface area (Å²) in [6, 6.07) is 10.0. The average molecular weight is 517 g/mol. The van der Waals surface area contributed by atoms with E-state index in [0.29, 0.717) is 5.92 Å². The first-order valence-electron chi connectivity index (χ1n) is 13.0. The monoisotopic (exact) mass is 516 g/mol. The van der Waals surface area contributed by atoms with Gasteiger partial charge in [-0.05, 0) is 61.2 Å². The fourth-order valence-electron chi connectivity index (χ4n) is 4.55. The van der Waals surface area contributed by atoms with Crippen LogP contribution in [0.4, 0.5) is 5.69 Å². The van der Waals surface area contributed by atoms with Crippen LogP contribution in [0.15, 0.2) is 110 Å². The van der Waals surface area contributed by atoms with Gasteiger partial charge in [0.1, 0.15) is 0 Å². The highest BCUT2D eigenvalue weighted by molar-refractivity contribution is 5.97. The first-order chi connectivity index (χ1) is 18.8. The molecule has 0 spiro atoms. The van der Waals surface area contributed by atoms with Crippen LogP contribution >= 0.6 is 0 Å². The van der Waals surface area contributed by atoms with Gasteiger partial charge in [0.25, 0.3) is 0 Å². The molecule has 198 valence electrons. The van der Waals surface area contributed by atoms with E-state index in [1.54, 1.807) is 18.6 Å². The molecule has 6 nitrogen and oxygen atoms in total. The topological polar surface area (TPSA) is 78.5 Å². The molecule has 0 fully saturated rings. The predicted octanol–water partition coefficient (Wildman–Crippen LogP) is 7.77. The quantitative estimate of drug-likeness (QED) is 0.178. The maximum absolute atomic E-state index is 4.63. The fourth-order valence-corrected chi connectivity index (χ4v) is 4.55. The van der Waals surface area contributed by atoms with E-state index in [1.807, 2.05) is 62.8 Å². The molecule has 0 aliphatic rings. The van der Waals surface area contributed by atoms with Gasteiger partial charge in [0.15, 0.2) is 0 Å². The second-order valence-corrected chi connectivity index (χ2v) is 9.85. The zero-order valence-corrected chi connectivity index (χ0v) is 23.2. The number of H-pyrrole nitrogens is 1. The number of rotatable bonds is 11. The molecule has 0 amide bonds. The number of hydrogen-bond donors (Lipinski definition) is 3. The first kappa shape index (κ1) is 27.3. The third kappa shape index (κ3) is 6.41. The van der Waals surface area contributed by atoms with Crippen molar-refractivity contribution in [2.24, 2.45) is 5.92 Å². The van der Waals surface area contributed by atoms with Crippen molar-refractivity contribution in [2.75, 3.05) is 12.4 Å². The average Bonchev–Trinajstić information content (AvgIpc) is 3.37. The summed E-state index contributed by atoms with van der Waals surface area (Å²) in [6.07, 6.45) is 14.0. The van der Waals surface area contributed by atoms with Gasteiger partial charge >= 0.3 is 0 Å². The summed E-state index contributed by atoms with van der Waals surface area (Å²) in [5, 5.41) is 7.69. The molecular formula is C33H36N6. The lowest BCUT2D eigenvalue weighted by Crippen LogP contribution is -2.09. The Morgan fingerprint density at radius 3 is 2.56 bits per heavy atom. The van der Waals surface area contributed by atoms with Gasteiger partial charge in [-0.25, -0.2) is 0 Å². The first-order valence-corrected chi connectivity index (χ1v) is 13.0. The maximum atomic E-state index is 4.63. The number of hydrogen-bond acceptors (Lipinski definition) is 5. The summed E-state index contributed by atoms with van der Waals surface area (Å²) in [7, 11) is 1.90. The molecule has 0 aliphatic heterocycles. The van der Waals surface area contributed by atoms with Crippen LogP contribution in [0.2, 0.25) is 0 Å². The third-order valence-electron chi connectivity index (χ3n) is 6.38. The van der Waals surface area contributed by atoms with Gasteiger partial charge in [-0.15, -0.1) is 0 Å². The van der Waals surface area contributed by atoms with Crippen LogP contribution in [0.5, 0.6) is 0 Å². The Labute approximate surface area is 231 Å². The fraction of sp³-hybridized carbons (Fsp3) is 0.182. The van der Waals surface area contributed by atoms with Gasteiger partial charge in [0, 0.05) is 82.1 Å². The van der Waals surface area contributed by atoms with Crippen LogP contribution in [-0.2, 0) is 0 Å². The number of fused-ring (bicyclic) bond motifs is 1. The van der Waals surface area contributed by atoms with Gasteiger partial charge in [0.05, 0.1) is 17.6 Å². The van der Waals surface area contributed by atoms with Crippen molar-refractivity contribution in [3.05, 3.63) is 121 Å². The van der Waals surface area contributed by atoms with E-state index < -0.39 is 0 Å². The molecule has 4 heterocycles. The maximum Gasteiger partial charge on any atom is 0.0811 e. The SMILES string of the molecule is C=C(CC(C)C)Nc1cncc(C(=C)/C=C(C(=C)c2cc3c(-c4cccnc4)nccc3[nH]2)\C(=C/C)NC)c1. The largest absolute Gasteiger partial charge is 0.388 e. The zero-order valence-electron chi connectivity index (χ0n) is 23.2. The Morgan fingerprint density at radius 2 is 1.87 bits per heavy atom. The highest BCUT2D eigenvalue weighted by Crippen LogP contribution is 2.33. The van der Waals surface area contributed by atoms with Crippen LogP contribution in [0, 0.1) is 5.92 Å². The van der Waals surface area contributed by atoms with Gasteiger partial charge in [-0.3, -0.25) is 15.0 Å². The minimum absolute atomic E-state index is 0.522. The third-order valence-corrected chi connectivity index (χ3v) is 6.38. The van der Waals surface area contributed by atoms with E-state index in [9.17, 15) is 0 Å². The van der Waals surface area contributed by atoms with E-state index in [0.717, 1.165) is 73.6 Å². The summed E-state index contributed by atoms with van der Waals surface area (Å²) >= 11 is 0. The summed E-state index contributed by atoms with van der Waals surface area (Å²) in [5.41, 5.74) is 10.00. The molecule has 0 saturated heterocycles. The summed E-state index contributed by atoms with van der Waals surface area (Å²) in [6.45, 7) is 19.3. The van der Waals surface area contributed by atoms with Gasteiger partial charge in [-0.1, -0.05) is 39.7 Å². The molecule has 39 heavy (non-hydrogen) atoms. The minimum Gasteiger partial charge on any atom is -0.388 e. The molecule has 3 N–H and O–H groups in total. The lowest BCUT2D eigenvalue weighted by atomic mass is 9.96. The Kier molecular flexibility index (Phi) is 8.56. The van der Waals surface area contributed by atoms with Crippen molar-refractivity contribution < 1.29 is 0 Å². The van der Waals surface area contributed by atoms with Crippen LogP contribution in [0.1, 0.15) is 38.4 Å². The predicted molar refractivity (Wildman–Crippen MR) is 165 cm³/mol. The molecule has 0 bridgehead atoms. The standard InChI is InChI=1S/C33H36N6/c1-8-30(34-7)28(15-22(4)26-16-27(20-36-19-26)38-23(5)14-21(2)3)24(6)32-17-29-31(39-32)11-13-37-33(29)25-10-9-12-35-18-25/h8-13,15-21,34,38-39H,4-6,14H2,1-3,7H3/b28-15-,30-8+. The number of likely N-dealkylation sites (N-methyl/N-ethyl adjacent to an activating group) is 1. The normalized spacial score (nSPS) is 12.0. The van der Waals surface area contributed by atoms with Crippen LogP contribution in [0.25, 0.3) is 33.3 Å². The zero-order chi connectivity index (χ0) is 27.9. The smallest absolute Gasteiger partial charge is 0.0811 e. The number of nitrogens with zero attached hydrogens (tertiary/aromatic N) is 3. The molecule has 4 rings (SSSR count). The Morgan fingerprint density at radius 1 is 1.05 bits per heavy atom. The lowest BCUT2D eigenvalue weighted by molar-refractivity contribution is 0.645. The van der Waals surface area contributed by atoms with E-state index in [4.69, 9.17) is 0 Å². The van der Waals surface area contributed by atoms with Crippen molar-refractivity contribution in [1.29, 1.82) is 0 Å². The Hall–Kier alpha value is -4.71. The minimum atomic E-state index is 0.522. The number of anilines is 1. The molecule has 4 aromatic heterocycles.